The average Bonchev–Trinajstić information content (AvgIpc) is 1.96. The standard InChI is InChI=1S/C8H11ClN2O2/c1-8(2,3)13-5-4-10-11-7(12)6(5)9/h4,6H,1-3H3. The Morgan fingerprint density at radius 3 is 2.69 bits per heavy atom. The monoisotopic (exact) mass is 202 g/mol. The second-order valence-corrected chi connectivity index (χ2v) is 4.10. The van der Waals surface area contributed by atoms with Crippen LogP contribution in [0, 0.1) is 0 Å². The average molecular weight is 203 g/mol. The Bertz CT molecular complexity index is 278. The predicted octanol–water partition coefficient (Wildman–Crippen LogP) is 2.24. The van der Waals surface area contributed by atoms with Crippen molar-refractivity contribution < 1.29 is 9.53 Å². The summed E-state index contributed by atoms with van der Waals surface area (Å²) in [6, 6.07) is 0. The summed E-state index contributed by atoms with van der Waals surface area (Å²) in [7, 11) is 0. The highest BCUT2D eigenvalue weighted by molar-refractivity contribution is 6.32. The van der Waals surface area contributed by atoms with Crippen molar-refractivity contribution in [2.75, 3.05) is 0 Å². The van der Waals surface area contributed by atoms with Gasteiger partial charge >= 0.3 is 0 Å². The van der Waals surface area contributed by atoms with Crippen LogP contribution in [0.15, 0.2) is 22.2 Å². The maximum Gasteiger partial charge on any atom is 0.290 e. The number of rotatable bonds is 1. The van der Waals surface area contributed by atoms with Gasteiger partial charge < -0.3 is 4.74 Å². The van der Waals surface area contributed by atoms with E-state index in [4.69, 9.17) is 16.3 Å². The van der Waals surface area contributed by atoms with Crippen molar-refractivity contribution >= 4 is 17.5 Å². The molecule has 0 aromatic carbocycles. The van der Waals surface area contributed by atoms with Crippen molar-refractivity contribution in [3.63, 3.8) is 0 Å². The molecule has 0 aromatic rings. The van der Waals surface area contributed by atoms with Crippen molar-refractivity contribution in [3.05, 3.63) is 12.0 Å². The number of alkyl halides is 1. The molecule has 0 fully saturated rings. The first-order valence-corrected chi connectivity index (χ1v) is 4.31. The van der Waals surface area contributed by atoms with Gasteiger partial charge in [0.25, 0.3) is 5.91 Å². The second-order valence-electron chi connectivity index (χ2n) is 3.66. The molecule has 0 saturated carbocycles. The number of hydrogen-bond acceptors (Lipinski definition) is 3. The number of nitrogens with zero attached hydrogens (tertiary/aromatic N) is 2. The molecular weight excluding hydrogens is 192 g/mol. The van der Waals surface area contributed by atoms with Crippen molar-refractivity contribution in [2.45, 2.75) is 31.7 Å². The van der Waals surface area contributed by atoms with E-state index in [0.717, 1.165) is 0 Å². The maximum absolute atomic E-state index is 11.0. The smallest absolute Gasteiger partial charge is 0.290 e. The highest BCUT2D eigenvalue weighted by Gasteiger charge is 2.27. The molecule has 0 radical (unpaired) electrons. The molecule has 0 saturated heterocycles. The predicted molar refractivity (Wildman–Crippen MR) is 48.4 cm³/mol. The van der Waals surface area contributed by atoms with Crippen molar-refractivity contribution in [1.82, 2.24) is 0 Å². The highest BCUT2D eigenvalue weighted by Crippen LogP contribution is 2.23. The minimum absolute atomic E-state index is 0.356. The van der Waals surface area contributed by atoms with E-state index in [1.807, 2.05) is 20.8 Å². The number of carbonyl (C=O) groups is 1. The van der Waals surface area contributed by atoms with Crippen molar-refractivity contribution in [3.8, 4) is 0 Å². The molecule has 0 bridgehead atoms. The number of hydrogen-bond donors (Lipinski definition) is 0. The van der Waals surface area contributed by atoms with E-state index < -0.39 is 11.3 Å². The second kappa shape index (κ2) is 3.46. The molecule has 1 amide bonds. The Hall–Kier alpha value is -0.900. The third-order valence-corrected chi connectivity index (χ3v) is 1.63. The van der Waals surface area contributed by atoms with Gasteiger partial charge in [-0.25, -0.2) is 0 Å². The van der Waals surface area contributed by atoms with Crippen LogP contribution in [0.3, 0.4) is 0 Å². The molecule has 4 nitrogen and oxygen atoms in total. The van der Waals surface area contributed by atoms with Gasteiger partial charge in [-0.1, -0.05) is 0 Å². The van der Waals surface area contributed by atoms with Crippen LogP contribution in [0.5, 0.6) is 0 Å². The van der Waals surface area contributed by atoms with E-state index in [-0.39, 0.29) is 5.60 Å². The summed E-state index contributed by atoms with van der Waals surface area (Å²) in [5.41, 5.74) is -0.383. The number of carbonyl (C=O) groups excluding carboxylic acids is 1. The molecule has 13 heavy (non-hydrogen) atoms. The van der Waals surface area contributed by atoms with Gasteiger partial charge in [-0.3, -0.25) is 4.79 Å². The molecule has 1 heterocycles. The minimum Gasteiger partial charge on any atom is -0.489 e. The van der Waals surface area contributed by atoms with Crippen LogP contribution in [-0.2, 0) is 9.53 Å². The molecule has 1 aliphatic heterocycles. The highest BCUT2D eigenvalue weighted by atomic mass is 35.5. The van der Waals surface area contributed by atoms with Gasteiger partial charge in [0, 0.05) is 0 Å². The summed E-state index contributed by atoms with van der Waals surface area (Å²) in [6.45, 7) is 5.61. The van der Waals surface area contributed by atoms with Gasteiger partial charge in [0.05, 0.1) is 6.20 Å². The Balaban J connectivity index is 2.75. The number of halogens is 1. The minimum atomic E-state index is -0.836. The fourth-order valence-electron chi connectivity index (χ4n) is 0.812. The molecule has 0 aromatic heterocycles. The number of amides is 1. The van der Waals surface area contributed by atoms with Crippen LogP contribution in [0.1, 0.15) is 20.8 Å². The molecule has 1 aliphatic rings. The molecule has 0 N–H and O–H groups in total. The normalized spacial score (nSPS) is 22.9. The Morgan fingerprint density at radius 2 is 2.15 bits per heavy atom. The van der Waals surface area contributed by atoms with Crippen LogP contribution in [0.2, 0.25) is 0 Å². The number of ether oxygens (including phenoxy) is 1. The van der Waals surface area contributed by atoms with Gasteiger partial charge in [-0.15, -0.1) is 16.7 Å². The van der Waals surface area contributed by atoms with Crippen LogP contribution in [0.4, 0.5) is 0 Å². The first-order valence-electron chi connectivity index (χ1n) is 3.88. The summed E-state index contributed by atoms with van der Waals surface area (Å²) in [4.78, 5) is 11.0. The fraction of sp³-hybridized carbons (Fsp3) is 0.625. The molecule has 1 atom stereocenters. The lowest BCUT2D eigenvalue weighted by atomic mass is 10.2. The topological polar surface area (TPSA) is 51.0 Å². The summed E-state index contributed by atoms with van der Waals surface area (Å²) >= 11 is 5.74. The molecule has 0 spiro atoms. The van der Waals surface area contributed by atoms with Crippen LogP contribution in [0.25, 0.3) is 0 Å². The Kier molecular flexibility index (Phi) is 2.71. The van der Waals surface area contributed by atoms with Crippen LogP contribution < -0.4 is 0 Å². The van der Waals surface area contributed by atoms with Crippen molar-refractivity contribution in [1.29, 1.82) is 0 Å². The molecule has 0 aliphatic carbocycles. The summed E-state index contributed by atoms with van der Waals surface area (Å²) in [6.07, 6.45) is 1.37. The van der Waals surface area contributed by atoms with E-state index >= 15 is 0 Å². The van der Waals surface area contributed by atoms with E-state index in [1.165, 1.54) is 6.20 Å². The first-order chi connectivity index (χ1) is 5.90. The summed E-state index contributed by atoms with van der Waals surface area (Å²) < 4.78 is 5.42. The zero-order chi connectivity index (χ0) is 10.1. The lowest BCUT2D eigenvalue weighted by molar-refractivity contribution is -0.118. The largest absolute Gasteiger partial charge is 0.489 e. The molecule has 1 unspecified atom stereocenters. The van der Waals surface area contributed by atoms with E-state index in [1.54, 1.807) is 0 Å². The van der Waals surface area contributed by atoms with E-state index in [9.17, 15) is 4.79 Å². The number of azo groups is 1. The first kappa shape index (κ1) is 10.2. The fourth-order valence-corrected chi connectivity index (χ4v) is 0.957. The van der Waals surface area contributed by atoms with Crippen LogP contribution in [-0.4, -0.2) is 16.9 Å². The Morgan fingerprint density at radius 1 is 1.54 bits per heavy atom. The lowest BCUT2D eigenvalue weighted by Gasteiger charge is -2.25. The quantitative estimate of drug-likeness (QED) is 0.613. The molecule has 5 heteroatoms. The summed E-state index contributed by atoms with van der Waals surface area (Å²) in [5, 5.41) is 5.93. The van der Waals surface area contributed by atoms with E-state index in [2.05, 4.69) is 10.2 Å². The SMILES string of the molecule is CC(C)(C)OC1=CN=NC(=O)C1Cl. The van der Waals surface area contributed by atoms with Crippen LogP contribution >= 0.6 is 11.6 Å². The lowest BCUT2D eigenvalue weighted by Crippen LogP contribution is -2.26. The third kappa shape index (κ3) is 2.81. The van der Waals surface area contributed by atoms with Gasteiger partial charge in [0.2, 0.25) is 0 Å². The van der Waals surface area contributed by atoms with Gasteiger partial charge in [-0.2, -0.15) is 5.11 Å². The third-order valence-electron chi connectivity index (χ3n) is 1.23. The zero-order valence-electron chi connectivity index (χ0n) is 7.74. The van der Waals surface area contributed by atoms with Gasteiger partial charge in [0.1, 0.15) is 11.4 Å². The van der Waals surface area contributed by atoms with E-state index in [0.29, 0.717) is 5.76 Å². The molecule has 1 rings (SSSR count). The molecule has 72 valence electrons. The zero-order valence-corrected chi connectivity index (χ0v) is 8.50. The van der Waals surface area contributed by atoms with Crippen molar-refractivity contribution in [2.24, 2.45) is 10.2 Å². The summed E-state index contributed by atoms with van der Waals surface area (Å²) in [5.74, 6) is -0.127. The Labute approximate surface area is 81.6 Å². The molecular formula is C8H11ClN2O2. The maximum atomic E-state index is 11.0. The van der Waals surface area contributed by atoms with Gasteiger partial charge in [-0.05, 0) is 20.8 Å². The van der Waals surface area contributed by atoms with Gasteiger partial charge in [0.15, 0.2) is 5.38 Å².